The number of morpholine rings is 1. The Morgan fingerprint density at radius 3 is 2.44 bits per heavy atom. The van der Waals surface area contributed by atoms with E-state index in [0.717, 1.165) is 30.3 Å². The van der Waals surface area contributed by atoms with Crippen LogP contribution in [-0.4, -0.2) is 70.2 Å². The monoisotopic (exact) mass is 483 g/mol. The number of hydrogen-bond acceptors (Lipinski definition) is 8. The van der Waals surface area contributed by atoms with Crippen molar-refractivity contribution >= 4 is 29.5 Å². The van der Waals surface area contributed by atoms with Gasteiger partial charge in [0.05, 0.1) is 42.5 Å². The van der Waals surface area contributed by atoms with Crippen LogP contribution in [0.15, 0.2) is 29.4 Å². The Hall–Kier alpha value is -3.11. The Bertz CT molecular complexity index is 1190. The van der Waals surface area contributed by atoms with E-state index in [-0.39, 0.29) is 5.78 Å². The van der Waals surface area contributed by atoms with Crippen molar-refractivity contribution in [2.75, 3.05) is 38.3 Å². The summed E-state index contributed by atoms with van der Waals surface area (Å²) < 4.78 is 12.4. The zero-order valence-electron chi connectivity index (χ0n) is 20.0. The maximum atomic E-state index is 13.4. The molecule has 1 saturated heterocycles. The highest BCUT2D eigenvalue weighted by atomic mass is 32.2. The number of hydrogen-bond donors (Lipinski definition) is 1. The van der Waals surface area contributed by atoms with Crippen LogP contribution in [0.5, 0.6) is 0 Å². The number of ketones is 1. The number of methoxy groups -OCH3 is 1. The standard InChI is InChI=1S/C24H29N5O4S/c1-14-6-8-18(9-7-14)29-23(28-10-12-33-13-11-28)26-27-24(29)34-17(4)21(30)20-15(2)19(16(3)25-20)22(31)32-5/h6-9,17,25H,10-13H2,1-5H3/t17-/m0/s1. The highest BCUT2D eigenvalue weighted by Crippen LogP contribution is 2.32. The molecule has 0 saturated carbocycles. The second-order valence-corrected chi connectivity index (χ2v) is 9.60. The summed E-state index contributed by atoms with van der Waals surface area (Å²) >= 11 is 1.34. The number of rotatable bonds is 7. The Labute approximate surface area is 202 Å². The first-order valence-electron chi connectivity index (χ1n) is 11.1. The third kappa shape index (κ3) is 4.60. The van der Waals surface area contributed by atoms with Gasteiger partial charge in [0.15, 0.2) is 10.9 Å². The summed E-state index contributed by atoms with van der Waals surface area (Å²) in [5.41, 5.74) is 4.10. The Morgan fingerprint density at radius 1 is 1.12 bits per heavy atom. The van der Waals surface area contributed by atoms with Gasteiger partial charge in [-0.1, -0.05) is 29.5 Å². The number of ether oxygens (including phenoxy) is 2. The van der Waals surface area contributed by atoms with E-state index in [1.54, 1.807) is 13.8 Å². The number of carbonyl (C=O) groups excluding carboxylic acids is 2. The van der Waals surface area contributed by atoms with Crippen molar-refractivity contribution in [1.82, 2.24) is 19.7 Å². The summed E-state index contributed by atoms with van der Waals surface area (Å²) in [4.78, 5) is 30.7. The van der Waals surface area contributed by atoms with Gasteiger partial charge in [-0.3, -0.25) is 9.36 Å². The van der Waals surface area contributed by atoms with Crippen molar-refractivity contribution in [3.05, 3.63) is 52.3 Å². The van der Waals surface area contributed by atoms with Gasteiger partial charge in [0.1, 0.15) is 0 Å². The number of thioether (sulfide) groups is 1. The van der Waals surface area contributed by atoms with Gasteiger partial charge in [-0.25, -0.2) is 4.79 Å². The van der Waals surface area contributed by atoms with Crippen LogP contribution in [0.2, 0.25) is 0 Å². The highest BCUT2D eigenvalue weighted by molar-refractivity contribution is 8.00. The highest BCUT2D eigenvalue weighted by Gasteiger charge is 2.29. The van der Waals surface area contributed by atoms with Crippen molar-refractivity contribution in [2.24, 2.45) is 0 Å². The van der Waals surface area contributed by atoms with Crippen LogP contribution < -0.4 is 4.90 Å². The van der Waals surface area contributed by atoms with E-state index >= 15 is 0 Å². The molecule has 0 aliphatic carbocycles. The molecule has 1 aliphatic rings. The molecule has 1 N–H and O–H groups in total. The number of benzene rings is 1. The number of H-pyrrole nitrogens is 1. The molecule has 0 spiro atoms. The summed E-state index contributed by atoms with van der Waals surface area (Å²) in [6, 6.07) is 8.14. The van der Waals surface area contributed by atoms with E-state index in [9.17, 15) is 9.59 Å². The number of carbonyl (C=O) groups is 2. The number of aromatic nitrogens is 4. The number of nitrogens with one attached hydrogen (secondary N) is 1. The summed E-state index contributed by atoms with van der Waals surface area (Å²) in [5.74, 6) is 0.154. The molecule has 1 aromatic carbocycles. The van der Waals surface area contributed by atoms with Gasteiger partial charge < -0.3 is 19.4 Å². The molecule has 34 heavy (non-hydrogen) atoms. The van der Waals surface area contributed by atoms with Crippen LogP contribution in [0.4, 0.5) is 5.95 Å². The molecule has 0 amide bonds. The molecule has 0 bridgehead atoms. The molecular formula is C24H29N5O4S. The van der Waals surface area contributed by atoms with Crippen molar-refractivity contribution in [1.29, 1.82) is 0 Å². The number of Topliss-reactive ketones (excluding diaryl/α,β-unsaturated/α-hetero) is 1. The molecule has 3 heterocycles. The van der Waals surface area contributed by atoms with E-state index < -0.39 is 11.2 Å². The summed E-state index contributed by atoms with van der Waals surface area (Å²) in [6.45, 7) is 10.1. The van der Waals surface area contributed by atoms with Gasteiger partial charge >= 0.3 is 5.97 Å². The maximum absolute atomic E-state index is 13.4. The smallest absolute Gasteiger partial charge is 0.339 e. The normalized spacial score (nSPS) is 14.8. The average Bonchev–Trinajstić information content (AvgIpc) is 3.39. The van der Waals surface area contributed by atoms with Crippen molar-refractivity contribution in [3.63, 3.8) is 0 Å². The molecule has 1 aliphatic heterocycles. The van der Waals surface area contributed by atoms with E-state index in [4.69, 9.17) is 9.47 Å². The van der Waals surface area contributed by atoms with E-state index in [0.29, 0.717) is 40.9 Å². The summed E-state index contributed by atoms with van der Waals surface area (Å²) in [7, 11) is 1.33. The number of esters is 1. The predicted molar refractivity (Wildman–Crippen MR) is 130 cm³/mol. The fraction of sp³-hybridized carbons (Fsp3) is 0.417. The van der Waals surface area contributed by atoms with Gasteiger partial charge in [-0.05, 0) is 45.4 Å². The lowest BCUT2D eigenvalue weighted by atomic mass is 10.1. The molecule has 9 nitrogen and oxygen atoms in total. The third-order valence-corrected chi connectivity index (χ3v) is 6.97. The second-order valence-electron chi connectivity index (χ2n) is 8.29. The Morgan fingerprint density at radius 2 is 1.79 bits per heavy atom. The molecule has 1 fully saturated rings. The number of anilines is 1. The first-order chi connectivity index (χ1) is 16.3. The molecule has 4 rings (SSSR count). The van der Waals surface area contributed by atoms with Gasteiger partial charge in [0, 0.05) is 18.8 Å². The van der Waals surface area contributed by atoms with Crippen molar-refractivity contribution < 1.29 is 19.1 Å². The van der Waals surface area contributed by atoms with Crippen LogP contribution in [0.3, 0.4) is 0 Å². The molecule has 10 heteroatoms. The average molecular weight is 484 g/mol. The van der Waals surface area contributed by atoms with E-state index in [1.807, 2.05) is 42.7 Å². The number of aryl methyl sites for hydroxylation is 2. The van der Waals surface area contributed by atoms with E-state index in [1.165, 1.54) is 18.9 Å². The topological polar surface area (TPSA) is 102 Å². The summed E-state index contributed by atoms with van der Waals surface area (Å²) in [5, 5.41) is 9.09. The molecule has 180 valence electrons. The zero-order chi connectivity index (χ0) is 24.4. The minimum absolute atomic E-state index is 0.118. The van der Waals surface area contributed by atoms with Crippen molar-refractivity contribution in [3.8, 4) is 5.69 Å². The van der Waals surface area contributed by atoms with Gasteiger partial charge in [-0.2, -0.15) is 0 Å². The van der Waals surface area contributed by atoms with Crippen LogP contribution in [-0.2, 0) is 9.47 Å². The Kier molecular flexibility index (Phi) is 7.08. The lowest BCUT2D eigenvalue weighted by Crippen LogP contribution is -2.37. The number of aromatic amines is 1. The third-order valence-electron chi connectivity index (χ3n) is 5.93. The zero-order valence-corrected chi connectivity index (χ0v) is 20.9. The molecule has 0 unspecified atom stereocenters. The van der Waals surface area contributed by atoms with Crippen LogP contribution in [0.25, 0.3) is 5.69 Å². The maximum Gasteiger partial charge on any atom is 0.339 e. The van der Waals surface area contributed by atoms with Crippen LogP contribution in [0.1, 0.15) is 44.6 Å². The fourth-order valence-electron chi connectivity index (χ4n) is 4.05. The minimum atomic E-state index is -0.465. The largest absolute Gasteiger partial charge is 0.465 e. The molecule has 2 aromatic heterocycles. The fourth-order valence-corrected chi connectivity index (χ4v) is 4.97. The first-order valence-corrected chi connectivity index (χ1v) is 12.0. The minimum Gasteiger partial charge on any atom is -0.465 e. The van der Waals surface area contributed by atoms with Gasteiger partial charge in [0.2, 0.25) is 5.95 Å². The van der Waals surface area contributed by atoms with Crippen molar-refractivity contribution in [2.45, 2.75) is 38.1 Å². The predicted octanol–water partition coefficient (Wildman–Crippen LogP) is 3.51. The lowest BCUT2D eigenvalue weighted by Gasteiger charge is -2.28. The van der Waals surface area contributed by atoms with Gasteiger partial charge in [-0.15, -0.1) is 10.2 Å². The van der Waals surface area contributed by atoms with Crippen LogP contribution >= 0.6 is 11.8 Å². The molecule has 1 atom stereocenters. The quantitative estimate of drug-likeness (QED) is 0.309. The van der Waals surface area contributed by atoms with E-state index in [2.05, 4.69) is 20.1 Å². The second kappa shape index (κ2) is 10.0. The molecular weight excluding hydrogens is 454 g/mol. The molecule has 3 aromatic rings. The number of nitrogens with zero attached hydrogens (tertiary/aromatic N) is 4. The Balaban J connectivity index is 1.66. The first kappa shape index (κ1) is 24.0. The van der Waals surface area contributed by atoms with Crippen LogP contribution in [0, 0.1) is 20.8 Å². The summed E-state index contributed by atoms with van der Waals surface area (Å²) in [6.07, 6.45) is 0. The molecule has 0 radical (unpaired) electrons. The lowest BCUT2D eigenvalue weighted by molar-refractivity contribution is 0.0599. The van der Waals surface area contributed by atoms with Gasteiger partial charge in [0.25, 0.3) is 0 Å². The SMILES string of the molecule is COC(=O)c1c(C)[nH]c(C(=O)[C@H](C)Sc2nnc(N3CCOCC3)n2-c2ccc(C)cc2)c1C.